The van der Waals surface area contributed by atoms with Gasteiger partial charge in [0.2, 0.25) is 0 Å². The van der Waals surface area contributed by atoms with Crippen molar-refractivity contribution in [3.8, 4) is 0 Å². The Morgan fingerprint density at radius 2 is 2.00 bits per heavy atom. The van der Waals surface area contributed by atoms with Crippen LogP contribution in [-0.2, 0) is 4.74 Å². The third-order valence-corrected chi connectivity index (χ3v) is 3.57. The van der Waals surface area contributed by atoms with Gasteiger partial charge in [-0.1, -0.05) is 51.1 Å². The van der Waals surface area contributed by atoms with Crippen molar-refractivity contribution >= 4 is 0 Å². The van der Waals surface area contributed by atoms with Crippen LogP contribution >= 0.6 is 0 Å². The van der Waals surface area contributed by atoms with Gasteiger partial charge in [-0.2, -0.15) is 0 Å². The summed E-state index contributed by atoms with van der Waals surface area (Å²) in [7, 11) is 0. The Hall–Kier alpha value is -0.860. The van der Waals surface area contributed by atoms with Gasteiger partial charge >= 0.3 is 0 Å². The summed E-state index contributed by atoms with van der Waals surface area (Å²) in [5.74, 6) is 0.578. The van der Waals surface area contributed by atoms with Crippen molar-refractivity contribution in [2.24, 2.45) is 5.92 Å². The number of ether oxygens (including phenoxy) is 1. The summed E-state index contributed by atoms with van der Waals surface area (Å²) in [6.07, 6.45) is 1.32. The molecular formula is C15H23NO. The van der Waals surface area contributed by atoms with Crippen LogP contribution in [0.15, 0.2) is 30.3 Å². The molecule has 0 aliphatic carbocycles. The van der Waals surface area contributed by atoms with Crippen molar-refractivity contribution < 1.29 is 4.74 Å². The van der Waals surface area contributed by atoms with Crippen molar-refractivity contribution in [3.63, 3.8) is 0 Å². The minimum Gasteiger partial charge on any atom is -0.370 e. The fraction of sp³-hybridized carbons (Fsp3) is 0.600. The Morgan fingerprint density at radius 3 is 2.59 bits per heavy atom. The van der Waals surface area contributed by atoms with Crippen LogP contribution in [0.25, 0.3) is 0 Å². The van der Waals surface area contributed by atoms with Crippen LogP contribution < -0.4 is 5.32 Å². The lowest BCUT2D eigenvalue weighted by molar-refractivity contribution is -0.0423. The first-order valence-corrected chi connectivity index (χ1v) is 6.65. The Kier molecular flexibility index (Phi) is 4.19. The molecule has 3 unspecified atom stereocenters. The van der Waals surface area contributed by atoms with Gasteiger partial charge in [0.25, 0.3) is 0 Å². The third-order valence-electron chi connectivity index (χ3n) is 3.57. The van der Waals surface area contributed by atoms with Crippen LogP contribution in [0.5, 0.6) is 0 Å². The van der Waals surface area contributed by atoms with Gasteiger partial charge in [-0.25, -0.2) is 0 Å². The molecule has 0 radical (unpaired) electrons. The van der Waals surface area contributed by atoms with Gasteiger partial charge in [0.1, 0.15) is 0 Å². The molecule has 0 amide bonds. The molecule has 2 nitrogen and oxygen atoms in total. The molecule has 0 saturated carbocycles. The lowest BCUT2D eigenvalue weighted by Crippen LogP contribution is -2.52. The standard InChI is InChI=1S/C15H23NO/c1-4-13-10-17-15(14(16-13)11(2)3)12-8-6-5-7-9-12/h5-9,11,13-16H,4,10H2,1-3H3. The predicted molar refractivity (Wildman–Crippen MR) is 71.0 cm³/mol. The Morgan fingerprint density at radius 1 is 1.29 bits per heavy atom. The second-order valence-corrected chi connectivity index (χ2v) is 5.21. The van der Waals surface area contributed by atoms with E-state index in [9.17, 15) is 0 Å². The summed E-state index contributed by atoms with van der Waals surface area (Å²) in [6, 6.07) is 11.5. The van der Waals surface area contributed by atoms with Crippen LogP contribution in [-0.4, -0.2) is 18.7 Å². The van der Waals surface area contributed by atoms with Crippen LogP contribution in [0.2, 0.25) is 0 Å². The van der Waals surface area contributed by atoms with Gasteiger partial charge in [-0.3, -0.25) is 0 Å². The van der Waals surface area contributed by atoms with E-state index in [4.69, 9.17) is 4.74 Å². The van der Waals surface area contributed by atoms with Gasteiger partial charge in [0.15, 0.2) is 0 Å². The second-order valence-electron chi connectivity index (χ2n) is 5.21. The summed E-state index contributed by atoms with van der Waals surface area (Å²) >= 11 is 0. The number of hydrogen-bond donors (Lipinski definition) is 1. The van der Waals surface area contributed by atoms with E-state index in [1.165, 1.54) is 5.56 Å². The molecule has 0 aromatic heterocycles. The molecule has 0 bridgehead atoms. The van der Waals surface area contributed by atoms with Crippen LogP contribution in [0.3, 0.4) is 0 Å². The van der Waals surface area contributed by atoms with E-state index in [0.29, 0.717) is 18.0 Å². The average molecular weight is 233 g/mol. The molecule has 1 aromatic carbocycles. The highest BCUT2D eigenvalue weighted by atomic mass is 16.5. The lowest BCUT2D eigenvalue weighted by atomic mass is 9.91. The van der Waals surface area contributed by atoms with Crippen molar-refractivity contribution in [1.29, 1.82) is 0 Å². The van der Waals surface area contributed by atoms with E-state index in [-0.39, 0.29) is 6.10 Å². The van der Waals surface area contributed by atoms with Gasteiger partial charge in [0, 0.05) is 12.1 Å². The van der Waals surface area contributed by atoms with Crippen molar-refractivity contribution in [2.75, 3.05) is 6.61 Å². The fourth-order valence-corrected chi connectivity index (χ4v) is 2.46. The van der Waals surface area contributed by atoms with Crippen molar-refractivity contribution in [2.45, 2.75) is 45.4 Å². The van der Waals surface area contributed by atoms with E-state index in [1.54, 1.807) is 0 Å². The smallest absolute Gasteiger partial charge is 0.0981 e. The van der Waals surface area contributed by atoms with Crippen LogP contribution in [0.4, 0.5) is 0 Å². The topological polar surface area (TPSA) is 21.3 Å². The summed E-state index contributed by atoms with van der Waals surface area (Å²) in [6.45, 7) is 7.55. The molecule has 17 heavy (non-hydrogen) atoms. The SMILES string of the molecule is CCC1COC(c2ccccc2)C(C(C)C)N1. The third kappa shape index (κ3) is 2.88. The Labute approximate surface area is 104 Å². The normalized spacial score (nSPS) is 29.5. The monoisotopic (exact) mass is 233 g/mol. The maximum atomic E-state index is 6.08. The minimum absolute atomic E-state index is 0.194. The second kappa shape index (κ2) is 5.65. The molecule has 3 atom stereocenters. The molecule has 2 heteroatoms. The first-order chi connectivity index (χ1) is 8.22. The molecule has 1 aromatic rings. The number of nitrogens with one attached hydrogen (secondary N) is 1. The largest absolute Gasteiger partial charge is 0.370 e. The van der Waals surface area contributed by atoms with E-state index in [2.05, 4.69) is 56.4 Å². The molecular weight excluding hydrogens is 210 g/mol. The average Bonchev–Trinajstić information content (AvgIpc) is 2.39. The van der Waals surface area contributed by atoms with Gasteiger partial charge < -0.3 is 10.1 Å². The van der Waals surface area contributed by atoms with Gasteiger partial charge in [-0.15, -0.1) is 0 Å². The van der Waals surface area contributed by atoms with Crippen molar-refractivity contribution in [1.82, 2.24) is 5.32 Å². The Bertz CT molecular complexity index is 336. The molecule has 1 saturated heterocycles. The number of hydrogen-bond acceptors (Lipinski definition) is 2. The molecule has 1 heterocycles. The number of morpholine rings is 1. The highest BCUT2D eigenvalue weighted by molar-refractivity contribution is 5.20. The Balaban J connectivity index is 2.16. The first-order valence-electron chi connectivity index (χ1n) is 6.65. The zero-order valence-corrected chi connectivity index (χ0v) is 11.0. The molecule has 1 aliphatic rings. The fourth-order valence-electron chi connectivity index (χ4n) is 2.46. The highest BCUT2D eigenvalue weighted by Crippen LogP contribution is 2.29. The molecule has 1 aliphatic heterocycles. The lowest BCUT2D eigenvalue weighted by Gasteiger charge is -2.39. The quantitative estimate of drug-likeness (QED) is 0.866. The minimum atomic E-state index is 0.194. The first kappa shape index (κ1) is 12.6. The predicted octanol–water partition coefficient (Wildman–Crippen LogP) is 3.15. The van der Waals surface area contributed by atoms with Gasteiger partial charge in [-0.05, 0) is 17.9 Å². The maximum Gasteiger partial charge on any atom is 0.0981 e. The van der Waals surface area contributed by atoms with E-state index < -0.39 is 0 Å². The molecule has 1 fully saturated rings. The zero-order chi connectivity index (χ0) is 12.3. The van der Waals surface area contributed by atoms with E-state index in [0.717, 1.165) is 13.0 Å². The van der Waals surface area contributed by atoms with E-state index >= 15 is 0 Å². The summed E-state index contributed by atoms with van der Waals surface area (Å²) in [5.41, 5.74) is 1.29. The summed E-state index contributed by atoms with van der Waals surface area (Å²) < 4.78 is 6.08. The van der Waals surface area contributed by atoms with E-state index in [1.807, 2.05) is 0 Å². The molecule has 1 N–H and O–H groups in total. The van der Waals surface area contributed by atoms with Crippen LogP contribution in [0, 0.1) is 5.92 Å². The van der Waals surface area contributed by atoms with Gasteiger partial charge in [0.05, 0.1) is 12.7 Å². The summed E-state index contributed by atoms with van der Waals surface area (Å²) in [5, 5.41) is 3.73. The summed E-state index contributed by atoms with van der Waals surface area (Å²) in [4.78, 5) is 0. The maximum absolute atomic E-state index is 6.08. The highest BCUT2D eigenvalue weighted by Gasteiger charge is 2.32. The number of rotatable bonds is 3. The molecule has 2 rings (SSSR count). The van der Waals surface area contributed by atoms with Crippen LogP contribution in [0.1, 0.15) is 38.9 Å². The number of benzene rings is 1. The molecule has 94 valence electrons. The zero-order valence-electron chi connectivity index (χ0n) is 11.0. The molecule has 0 spiro atoms. The van der Waals surface area contributed by atoms with Crippen molar-refractivity contribution in [3.05, 3.63) is 35.9 Å².